The van der Waals surface area contributed by atoms with Crippen molar-refractivity contribution in [1.82, 2.24) is 10.2 Å². The van der Waals surface area contributed by atoms with Crippen molar-refractivity contribution in [3.05, 3.63) is 23.3 Å². The molecule has 1 fully saturated rings. The van der Waals surface area contributed by atoms with Crippen LogP contribution in [0.15, 0.2) is 23.3 Å². The molecule has 0 bridgehead atoms. The van der Waals surface area contributed by atoms with Gasteiger partial charge in [-0.25, -0.2) is 4.79 Å². The van der Waals surface area contributed by atoms with Gasteiger partial charge in [0.2, 0.25) is 0 Å². The number of hydrogen-bond acceptors (Lipinski definition) is 4. The largest absolute Gasteiger partial charge is 0.333 e. The fraction of sp³-hybridized carbons (Fsp3) is 0.758. The summed E-state index contributed by atoms with van der Waals surface area (Å²) < 4.78 is 0. The van der Waals surface area contributed by atoms with Gasteiger partial charge in [0.15, 0.2) is 11.6 Å². The second-order valence-electron chi connectivity index (χ2n) is 14.7. The summed E-state index contributed by atoms with van der Waals surface area (Å²) >= 11 is 0. The summed E-state index contributed by atoms with van der Waals surface area (Å²) in [6.45, 7) is 17.5. The third kappa shape index (κ3) is 5.61. The monoisotopic (exact) mass is 537 g/mol. The van der Waals surface area contributed by atoms with Crippen LogP contribution in [0.4, 0.5) is 4.79 Å². The van der Waals surface area contributed by atoms with Crippen molar-refractivity contribution in [3.63, 3.8) is 0 Å². The average Bonchev–Trinajstić information content (AvgIpc) is 2.85. The fourth-order valence-corrected chi connectivity index (χ4v) is 7.57. The Kier molecular flexibility index (Phi) is 8.40. The lowest BCUT2D eigenvalue weighted by Gasteiger charge is -2.61. The first-order valence-electron chi connectivity index (χ1n) is 14.8. The molecule has 6 nitrogen and oxygen atoms in total. The van der Waals surface area contributed by atoms with Gasteiger partial charge in [-0.3, -0.25) is 9.59 Å². The zero-order valence-corrected chi connectivity index (χ0v) is 26.1. The van der Waals surface area contributed by atoms with E-state index in [-0.39, 0.29) is 51.3 Å². The molecule has 6 heteroatoms. The molecule has 3 rings (SSSR count). The standard InChI is InChI=1S/C33H51N3O3/c1-11-29(3,4)14-16-31(6,35-28(39)36(9)10)17-15-30(5)20-24(37)18-26-32(7)19-23(21-34)27(38)22(2)25(32)12-13-33(26,30)8/h18-19,22,25H,11-17,20H2,1-10H3,(H,35,39)/t22-,25-,30+,31-,32-,33+/m0/s1. The van der Waals surface area contributed by atoms with E-state index in [1.807, 2.05) is 19.1 Å². The molecule has 0 heterocycles. The highest BCUT2D eigenvalue weighted by Gasteiger charge is 2.61. The number of hydrogen-bond donors (Lipinski definition) is 1. The second kappa shape index (κ2) is 10.5. The van der Waals surface area contributed by atoms with E-state index in [4.69, 9.17) is 0 Å². The van der Waals surface area contributed by atoms with Crippen molar-refractivity contribution in [1.29, 1.82) is 5.26 Å². The summed E-state index contributed by atoms with van der Waals surface area (Å²) in [5.41, 5.74) is 0.0287. The zero-order valence-electron chi connectivity index (χ0n) is 26.1. The molecule has 0 spiro atoms. The van der Waals surface area contributed by atoms with Crippen molar-refractivity contribution >= 4 is 17.6 Å². The normalized spacial score (nSPS) is 34.1. The Balaban J connectivity index is 1.98. The van der Waals surface area contributed by atoms with Gasteiger partial charge in [0, 0.05) is 37.4 Å². The Morgan fingerprint density at radius 3 is 2.36 bits per heavy atom. The minimum absolute atomic E-state index is 0.0727. The van der Waals surface area contributed by atoms with Gasteiger partial charge in [-0.2, -0.15) is 5.26 Å². The predicted octanol–water partition coefficient (Wildman–Crippen LogP) is 7.01. The SMILES string of the molecule is CCC(C)(C)CC[C@@](C)(CC[C@]1(C)CC(=O)C=C2[C@@]3(C)C=C(C#N)C(=O)[C@@H](C)[C@@H]3CC[C@]21C)NC(=O)N(C)C. The molecule has 1 N–H and O–H groups in total. The van der Waals surface area contributed by atoms with Crippen LogP contribution >= 0.6 is 0 Å². The highest BCUT2D eigenvalue weighted by molar-refractivity contribution is 6.02. The van der Waals surface area contributed by atoms with Gasteiger partial charge in [-0.05, 0) is 73.7 Å². The predicted molar refractivity (Wildman–Crippen MR) is 156 cm³/mol. The molecule has 6 atom stereocenters. The molecular weight excluding hydrogens is 486 g/mol. The molecule has 0 aromatic carbocycles. The molecule has 0 aromatic rings. The Bertz CT molecular complexity index is 1130. The van der Waals surface area contributed by atoms with Gasteiger partial charge in [-0.1, -0.05) is 66.5 Å². The van der Waals surface area contributed by atoms with Gasteiger partial charge in [0.1, 0.15) is 6.07 Å². The quantitative estimate of drug-likeness (QED) is 0.361. The van der Waals surface area contributed by atoms with Crippen molar-refractivity contribution < 1.29 is 14.4 Å². The molecule has 1 saturated carbocycles. The Morgan fingerprint density at radius 1 is 1.15 bits per heavy atom. The average molecular weight is 538 g/mol. The summed E-state index contributed by atoms with van der Waals surface area (Å²) in [4.78, 5) is 40.7. The van der Waals surface area contributed by atoms with Gasteiger partial charge < -0.3 is 10.2 Å². The van der Waals surface area contributed by atoms with Crippen LogP contribution in [0, 0.1) is 44.8 Å². The van der Waals surface area contributed by atoms with E-state index in [1.54, 1.807) is 19.0 Å². The third-order valence-electron chi connectivity index (χ3n) is 11.3. The van der Waals surface area contributed by atoms with Crippen LogP contribution < -0.4 is 5.32 Å². The first kappa shape index (κ1) is 31.1. The van der Waals surface area contributed by atoms with Crippen LogP contribution in [0.3, 0.4) is 0 Å². The molecule has 3 aliphatic rings. The number of nitrogens with zero attached hydrogens (tertiary/aromatic N) is 2. The minimum atomic E-state index is -0.504. The van der Waals surface area contributed by atoms with Gasteiger partial charge in [0.25, 0.3) is 0 Å². The van der Waals surface area contributed by atoms with E-state index in [9.17, 15) is 19.6 Å². The lowest BCUT2D eigenvalue weighted by molar-refractivity contribution is -0.126. The molecule has 0 radical (unpaired) electrons. The van der Waals surface area contributed by atoms with Crippen molar-refractivity contribution in [2.75, 3.05) is 14.1 Å². The molecule has 0 saturated heterocycles. The minimum Gasteiger partial charge on any atom is -0.333 e. The van der Waals surface area contributed by atoms with Crippen molar-refractivity contribution in [3.8, 4) is 6.07 Å². The van der Waals surface area contributed by atoms with Crippen LogP contribution in [-0.2, 0) is 9.59 Å². The maximum atomic E-state index is 13.4. The number of carbonyl (C=O) groups is 3. The van der Waals surface area contributed by atoms with E-state index in [0.717, 1.165) is 50.5 Å². The number of ketones is 2. The zero-order chi connectivity index (χ0) is 29.6. The maximum absolute atomic E-state index is 13.4. The number of nitriles is 1. The third-order valence-corrected chi connectivity index (χ3v) is 11.3. The van der Waals surface area contributed by atoms with Crippen LogP contribution in [-0.4, -0.2) is 42.1 Å². The van der Waals surface area contributed by atoms with Gasteiger partial charge in [-0.15, -0.1) is 0 Å². The van der Waals surface area contributed by atoms with E-state index >= 15 is 0 Å². The molecular formula is C33H51N3O3. The number of urea groups is 1. The highest BCUT2D eigenvalue weighted by Crippen LogP contribution is 2.67. The van der Waals surface area contributed by atoms with Gasteiger partial charge in [0.05, 0.1) is 5.57 Å². The van der Waals surface area contributed by atoms with Crippen LogP contribution in [0.1, 0.15) is 107 Å². The topological polar surface area (TPSA) is 90.3 Å². The Hall–Kier alpha value is -2.42. The molecule has 39 heavy (non-hydrogen) atoms. The first-order valence-corrected chi connectivity index (χ1v) is 14.8. The highest BCUT2D eigenvalue weighted by atomic mass is 16.2. The van der Waals surface area contributed by atoms with Crippen molar-refractivity contribution in [2.45, 2.75) is 112 Å². The molecule has 0 aromatic heterocycles. The number of nitrogens with one attached hydrogen (secondary N) is 1. The Morgan fingerprint density at radius 2 is 1.79 bits per heavy atom. The van der Waals surface area contributed by atoms with E-state index in [0.29, 0.717) is 6.42 Å². The molecule has 2 amide bonds. The first-order chi connectivity index (χ1) is 17.9. The second-order valence-corrected chi connectivity index (χ2v) is 14.7. The summed E-state index contributed by atoms with van der Waals surface area (Å²) in [6.07, 6.45) is 10.5. The summed E-state index contributed by atoms with van der Waals surface area (Å²) in [7, 11) is 3.53. The van der Waals surface area contributed by atoms with E-state index in [1.165, 1.54) is 0 Å². The number of Topliss-reactive ketones (excluding diaryl/α,β-unsaturated/α-hetero) is 1. The maximum Gasteiger partial charge on any atom is 0.317 e. The number of fused-ring (bicyclic) bond motifs is 3. The van der Waals surface area contributed by atoms with Crippen LogP contribution in [0.2, 0.25) is 0 Å². The van der Waals surface area contributed by atoms with Crippen LogP contribution in [0.25, 0.3) is 0 Å². The number of amides is 2. The fourth-order valence-electron chi connectivity index (χ4n) is 7.57. The van der Waals surface area contributed by atoms with E-state index < -0.39 is 11.0 Å². The van der Waals surface area contributed by atoms with Crippen molar-refractivity contribution in [2.24, 2.45) is 33.5 Å². The number of rotatable bonds is 8. The van der Waals surface area contributed by atoms with Gasteiger partial charge >= 0.3 is 6.03 Å². The van der Waals surface area contributed by atoms with E-state index in [2.05, 4.69) is 59.9 Å². The summed E-state index contributed by atoms with van der Waals surface area (Å²) in [5.74, 6) is -0.113. The van der Waals surface area contributed by atoms with Crippen LogP contribution in [0.5, 0.6) is 0 Å². The summed E-state index contributed by atoms with van der Waals surface area (Å²) in [5, 5.41) is 13.1. The Labute approximate surface area is 236 Å². The molecule has 0 unspecified atom stereocenters. The number of allylic oxidation sites excluding steroid dienone is 4. The number of carbonyl (C=O) groups excluding carboxylic acids is 3. The molecule has 216 valence electrons. The smallest absolute Gasteiger partial charge is 0.317 e. The lowest BCUT2D eigenvalue weighted by Crippen LogP contribution is -2.56. The molecule has 3 aliphatic carbocycles. The molecule has 0 aliphatic heterocycles. The lowest BCUT2D eigenvalue weighted by atomic mass is 9.42. The summed E-state index contributed by atoms with van der Waals surface area (Å²) in [6, 6.07) is 2.05.